The van der Waals surface area contributed by atoms with E-state index in [1.165, 1.54) is 5.56 Å². The summed E-state index contributed by atoms with van der Waals surface area (Å²) in [4.78, 5) is 29.2. The Morgan fingerprint density at radius 2 is 1.86 bits per heavy atom. The number of pyridine rings is 1. The molecule has 6 nitrogen and oxygen atoms in total. The molecular formula is C29H35N3O3. The first-order valence-corrected chi connectivity index (χ1v) is 12.4. The van der Waals surface area contributed by atoms with Gasteiger partial charge in [-0.25, -0.2) is 4.79 Å². The summed E-state index contributed by atoms with van der Waals surface area (Å²) in [6, 6.07) is 14.7. The molecule has 3 aromatic rings. The van der Waals surface area contributed by atoms with Crippen LogP contribution in [0.1, 0.15) is 68.8 Å². The van der Waals surface area contributed by atoms with Crippen LogP contribution in [0, 0.1) is 12.8 Å². The van der Waals surface area contributed by atoms with E-state index in [0.29, 0.717) is 6.54 Å². The molecule has 1 heterocycles. The number of nitrogens with zero attached hydrogens (tertiary/aromatic N) is 1. The van der Waals surface area contributed by atoms with E-state index in [9.17, 15) is 9.59 Å². The number of amides is 2. The lowest BCUT2D eigenvalue weighted by Crippen LogP contribution is -2.32. The Labute approximate surface area is 207 Å². The molecule has 1 aliphatic rings. The third kappa shape index (κ3) is 5.64. The highest BCUT2D eigenvalue weighted by atomic mass is 16.6. The molecule has 1 saturated carbocycles. The zero-order valence-electron chi connectivity index (χ0n) is 21.3. The molecule has 2 amide bonds. The molecule has 0 bridgehead atoms. The number of nitrogens with one attached hydrogen (secondary N) is 1. The third-order valence-electron chi connectivity index (χ3n) is 6.41. The summed E-state index contributed by atoms with van der Waals surface area (Å²) in [5.41, 5.74) is 12.3. The predicted molar refractivity (Wildman–Crippen MR) is 139 cm³/mol. The van der Waals surface area contributed by atoms with Gasteiger partial charge in [-0.2, -0.15) is 0 Å². The minimum Gasteiger partial charge on any atom is -0.444 e. The second kappa shape index (κ2) is 9.68. The van der Waals surface area contributed by atoms with Gasteiger partial charge in [0.1, 0.15) is 5.60 Å². The number of aromatic nitrogens is 1. The second-order valence-electron chi connectivity index (χ2n) is 10.5. The lowest BCUT2D eigenvalue weighted by molar-refractivity contribution is -0.119. The number of hydrogen-bond acceptors (Lipinski definition) is 4. The smallest absolute Gasteiger partial charge is 0.407 e. The standard InChI is InChI=1S/C29H35N3O3/c1-6-7-24-23(16-31-28(34)35-29(3,4)5)26(18-10-8-17(2)9-11-18)22-14-19(12-13-25(22)32-24)20-15-21(20)27(30)33/h8-14,20-21H,6-7,15-16H2,1-5H3,(H2,30,33)(H,31,34). The number of aryl methyl sites for hydroxylation is 2. The molecule has 0 radical (unpaired) electrons. The summed E-state index contributed by atoms with van der Waals surface area (Å²) < 4.78 is 5.49. The van der Waals surface area contributed by atoms with Crippen LogP contribution in [-0.4, -0.2) is 22.6 Å². The fraction of sp³-hybridized carbons (Fsp3) is 0.414. The fourth-order valence-electron chi connectivity index (χ4n) is 4.64. The van der Waals surface area contributed by atoms with E-state index in [2.05, 4.69) is 55.6 Å². The molecule has 6 heteroatoms. The molecule has 1 fully saturated rings. The fourth-order valence-corrected chi connectivity index (χ4v) is 4.64. The highest BCUT2D eigenvalue weighted by Gasteiger charge is 2.42. The Bertz CT molecular complexity index is 1260. The van der Waals surface area contributed by atoms with Crippen LogP contribution in [-0.2, 0) is 22.5 Å². The molecule has 1 aliphatic carbocycles. The maximum atomic E-state index is 12.5. The lowest BCUT2D eigenvalue weighted by Gasteiger charge is -2.22. The quantitative estimate of drug-likeness (QED) is 0.455. The van der Waals surface area contributed by atoms with E-state index >= 15 is 0 Å². The number of fused-ring (bicyclic) bond motifs is 1. The van der Waals surface area contributed by atoms with Crippen molar-refractivity contribution in [2.45, 2.75) is 71.9 Å². The maximum Gasteiger partial charge on any atom is 0.407 e. The number of benzene rings is 2. The van der Waals surface area contributed by atoms with E-state index in [0.717, 1.165) is 58.1 Å². The van der Waals surface area contributed by atoms with Gasteiger partial charge in [-0.15, -0.1) is 0 Å². The zero-order chi connectivity index (χ0) is 25.3. The number of nitrogens with two attached hydrogens (primary N) is 1. The van der Waals surface area contributed by atoms with Crippen molar-refractivity contribution in [3.8, 4) is 11.1 Å². The average molecular weight is 474 g/mol. The molecule has 0 saturated heterocycles. The van der Waals surface area contributed by atoms with Crippen molar-refractivity contribution in [1.29, 1.82) is 0 Å². The zero-order valence-corrected chi connectivity index (χ0v) is 21.3. The summed E-state index contributed by atoms with van der Waals surface area (Å²) >= 11 is 0. The highest BCUT2D eigenvalue weighted by molar-refractivity contribution is 5.97. The summed E-state index contributed by atoms with van der Waals surface area (Å²) in [5.74, 6) is -0.190. The van der Waals surface area contributed by atoms with Gasteiger partial charge in [0.15, 0.2) is 0 Å². The molecule has 0 spiro atoms. The summed E-state index contributed by atoms with van der Waals surface area (Å²) in [6.45, 7) is 10.1. The Hall–Kier alpha value is -3.41. The van der Waals surface area contributed by atoms with Crippen LogP contribution in [0.5, 0.6) is 0 Å². The average Bonchev–Trinajstić information content (AvgIpc) is 3.58. The summed E-state index contributed by atoms with van der Waals surface area (Å²) in [5, 5.41) is 3.97. The number of primary amides is 1. The van der Waals surface area contributed by atoms with Gasteiger partial charge in [0, 0.05) is 29.1 Å². The number of alkyl carbamates (subject to hydrolysis) is 1. The molecule has 2 atom stereocenters. The number of ether oxygens (including phenoxy) is 1. The van der Waals surface area contributed by atoms with Gasteiger partial charge < -0.3 is 15.8 Å². The van der Waals surface area contributed by atoms with Crippen LogP contribution in [0.15, 0.2) is 42.5 Å². The van der Waals surface area contributed by atoms with Crippen molar-refractivity contribution in [2.75, 3.05) is 0 Å². The third-order valence-corrected chi connectivity index (χ3v) is 6.41. The van der Waals surface area contributed by atoms with Gasteiger partial charge in [-0.3, -0.25) is 9.78 Å². The van der Waals surface area contributed by atoms with Crippen LogP contribution in [0.3, 0.4) is 0 Å². The summed E-state index contributed by atoms with van der Waals surface area (Å²) in [6.07, 6.45) is 2.07. The second-order valence-corrected chi connectivity index (χ2v) is 10.5. The molecule has 4 rings (SSSR count). The molecule has 2 unspecified atom stereocenters. The first-order chi connectivity index (χ1) is 16.6. The highest BCUT2D eigenvalue weighted by Crippen LogP contribution is 2.48. The van der Waals surface area contributed by atoms with Crippen molar-refractivity contribution in [3.05, 3.63) is 64.8 Å². The van der Waals surface area contributed by atoms with Gasteiger partial charge in [0.2, 0.25) is 5.91 Å². The van der Waals surface area contributed by atoms with Crippen LogP contribution in [0.4, 0.5) is 4.79 Å². The van der Waals surface area contributed by atoms with E-state index in [4.69, 9.17) is 15.5 Å². The molecular weight excluding hydrogens is 438 g/mol. The van der Waals surface area contributed by atoms with Gasteiger partial charge >= 0.3 is 6.09 Å². The Kier molecular flexibility index (Phi) is 6.84. The summed E-state index contributed by atoms with van der Waals surface area (Å²) in [7, 11) is 0. The molecule has 3 N–H and O–H groups in total. The number of hydrogen-bond donors (Lipinski definition) is 2. The van der Waals surface area contributed by atoms with Crippen molar-refractivity contribution < 1.29 is 14.3 Å². The first kappa shape index (κ1) is 24.7. The van der Waals surface area contributed by atoms with Crippen molar-refractivity contribution in [3.63, 3.8) is 0 Å². The number of carbonyl (C=O) groups is 2. The molecule has 1 aromatic heterocycles. The van der Waals surface area contributed by atoms with E-state index in [1.54, 1.807) is 0 Å². The van der Waals surface area contributed by atoms with Crippen LogP contribution in [0.25, 0.3) is 22.0 Å². The van der Waals surface area contributed by atoms with Gasteiger partial charge in [0.25, 0.3) is 0 Å². The maximum absolute atomic E-state index is 12.5. The SMILES string of the molecule is CCCc1nc2ccc(C3CC3C(N)=O)cc2c(-c2ccc(C)cc2)c1CNC(=O)OC(C)(C)C. The van der Waals surface area contributed by atoms with Crippen LogP contribution >= 0.6 is 0 Å². The minimum absolute atomic E-state index is 0.101. The van der Waals surface area contributed by atoms with Gasteiger partial charge in [-0.1, -0.05) is 49.2 Å². The van der Waals surface area contributed by atoms with Gasteiger partial charge in [0.05, 0.1) is 5.52 Å². The molecule has 35 heavy (non-hydrogen) atoms. The van der Waals surface area contributed by atoms with Crippen molar-refractivity contribution >= 4 is 22.9 Å². The van der Waals surface area contributed by atoms with Crippen LogP contribution in [0.2, 0.25) is 0 Å². The predicted octanol–water partition coefficient (Wildman–Crippen LogP) is 5.78. The molecule has 2 aromatic carbocycles. The molecule has 0 aliphatic heterocycles. The van der Waals surface area contributed by atoms with Crippen molar-refractivity contribution in [2.24, 2.45) is 11.7 Å². The number of carbonyl (C=O) groups excluding carboxylic acids is 2. The first-order valence-electron chi connectivity index (χ1n) is 12.4. The lowest BCUT2D eigenvalue weighted by atomic mass is 9.91. The minimum atomic E-state index is -0.576. The topological polar surface area (TPSA) is 94.3 Å². The van der Waals surface area contributed by atoms with E-state index < -0.39 is 11.7 Å². The van der Waals surface area contributed by atoms with E-state index in [1.807, 2.05) is 26.8 Å². The van der Waals surface area contributed by atoms with Crippen molar-refractivity contribution in [1.82, 2.24) is 10.3 Å². The number of rotatable bonds is 7. The Balaban J connectivity index is 1.85. The Morgan fingerprint density at radius 1 is 1.14 bits per heavy atom. The monoisotopic (exact) mass is 473 g/mol. The van der Waals surface area contributed by atoms with Gasteiger partial charge in [-0.05, 0) is 75.3 Å². The molecule has 184 valence electrons. The normalized spacial score (nSPS) is 17.3. The van der Waals surface area contributed by atoms with E-state index in [-0.39, 0.29) is 17.7 Å². The van der Waals surface area contributed by atoms with Crippen LogP contribution < -0.4 is 11.1 Å². The Morgan fingerprint density at radius 3 is 2.46 bits per heavy atom. The largest absolute Gasteiger partial charge is 0.444 e.